The van der Waals surface area contributed by atoms with Crippen LogP contribution in [-0.2, 0) is 4.79 Å². The van der Waals surface area contributed by atoms with Crippen LogP contribution in [0, 0.1) is 12.3 Å². The number of carbonyl (C=O) groups is 1. The number of hydrogen-bond donors (Lipinski definition) is 1. The fraction of sp³-hybridized carbons (Fsp3) is 0.706. The molecule has 0 aliphatic carbocycles. The molecule has 3 rings (SSSR count). The first kappa shape index (κ1) is 16.2. The number of carboxylic acids is 1. The van der Waals surface area contributed by atoms with Gasteiger partial charge in [-0.1, -0.05) is 6.92 Å². The molecule has 0 unspecified atom stereocenters. The van der Waals surface area contributed by atoms with Gasteiger partial charge in [-0.2, -0.15) is 0 Å². The summed E-state index contributed by atoms with van der Waals surface area (Å²) in [6.07, 6.45) is 7.33. The van der Waals surface area contributed by atoms with Crippen molar-refractivity contribution in [2.75, 3.05) is 31.1 Å². The van der Waals surface area contributed by atoms with Crippen LogP contribution in [0.25, 0.3) is 0 Å². The van der Waals surface area contributed by atoms with E-state index in [1.54, 1.807) is 12.4 Å². The first-order chi connectivity index (χ1) is 11.0. The summed E-state index contributed by atoms with van der Waals surface area (Å²) < 4.78 is 0. The summed E-state index contributed by atoms with van der Waals surface area (Å²) >= 11 is 0. The Labute approximate surface area is 137 Å². The van der Waals surface area contributed by atoms with Gasteiger partial charge in [0.25, 0.3) is 0 Å². The van der Waals surface area contributed by atoms with E-state index in [0.717, 1.165) is 63.4 Å². The van der Waals surface area contributed by atoms with Crippen molar-refractivity contribution in [3.05, 3.63) is 18.1 Å². The Kier molecular flexibility index (Phi) is 4.53. The lowest BCUT2D eigenvalue weighted by molar-refractivity contribution is -0.142. The SMILES string of the molecule is CCCN1CC2(CCN(c3nccnc3C)CC2)C[C@H]1C(=O)O. The first-order valence-corrected chi connectivity index (χ1v) is 8.54. The van der Waals surface area contributed by atoms with Gasteiger partial charge in [0.2, 0.25) is 0 Å². The average molecular weight is 318 g/mol. The number of likely N-dealkylation sites (tertiary alicyclic amines) is 1. The van der Waals surface area contributed by atoms with E-state index in [1.807, 2.05) is 6.92 Å². The average Bonchev–Trinajstić information content (AvgIpc) is 2.88. The van der Waals surface area contributed by atoms with Gasteiger partial charge in [0.15, 0.2) is 0 Å². The standard InChI is InChI=1S/C17H26N4O2/c1-3-8-21-12-17(11-14(21)16(22)23)4-9-20(10-5-17)15-13(2)18-6-7-19-15/h6-7,14H,3-5,8-12H2,1-2H3,(H,22,23)/t14-/m0/s1. The summed E-state index contributed by atoms with van der Waals surface area (Å²) in [4.78, 5) is 24.8. The molecule has 126 valence electrons. The number of aliphatic carboxylic acids is 1. The maximum Gasteiger partial charge on any atom is 0.320 e. The van der Waals surface area contributed by atoms with Crippen LogP contribution < -0.4 is 4.90 Å². The third kappa shape index (κ3) is 3.17. The minimum atomic E-state index is -0.664. The molecule has 0 amide bonds. The van der Waals surface area contributed by atoms with Gasteiger partial charge in [-0.05, 0) is 44.6 Å². The normalized spacial score (nSPS) is 24.3. The second-order valence-electron chi connectivity index (χ2n) is 6.98. The lowest BCUT2D eigenvalue weighted by Crippen LogP contribution is -2.42. The van der Waals surface area contributed by atoms with Crippen LogP contribution in [0.4, 0.5) is 5.82 Å². The number of anilines is 1. The molecule has 2 fully saturated rings. The fourth-order valence-electron chi connectivity index (χ4n) is 4.18. The zero-order valence-electron chi connectivity index (χ0n) is 14.0. The molecule has 1 N–H and O–H groups in total. The number of rotatable bonds is 4. The van der Waals surface area contributed by atoms with Crippen molar-refractivity contribution in [3.63, 3.8) is 0 Å². The highest BCUT2D eigenvalue weighted by Gasteiger charge is 2.47. The van der Waals surface area contributed by atoms with Gasteiger partial charge >= 0.3 is 5.97 Å². The molecule has 2 saturated heterocycles. The molecule has 6 heteroatoms. The maximum absolute atomic E-state index is 11.6. The van der Waals surface area contributed by atoms with Crippen LogP contribution in [0.15, 0.2) is 12.4 Å². The highest BCUT2D eigenvalue weighted by molar-refractivity contribution is 5.74. The molecule has 3 heterocycles. The molecule has 1 aromatic heterocycles. The number of aromatic nitrogens is 2. The van der Waals surface area contributed by atoms with E-state index < -0.39 is 5.97 Å². The van der Waals surface area contributed by atoms with Gasteiger partial charge in [-0.15, -0.1) is 0 Å². The lowest BCUT2D eigenvalue weighted by Gasteiger charge is -2.40. The highest BCUT2D eigenvalue weighted by atomic mass is 16.4. The van der Waals surface area contributed by atoms with E-state index in [1.165, 1.54) is 0 Å². The van der Waals surface area contributed by atoms with Gasteiger partial charge < -0.3 is 10.0 Å². The Morgan fingerprint density at radius 3 is 2.65 bits per heavy atom. The van der Waals surface area contributed by atoms with Crippen molar-refractivity contribution in [1.29, 1.82) is 0 Å². The topological polar surface area (TPSA) is 69.6 Å². The smallest absolute Gasteiger partial charge is 0.320 e. The van der Waals surface area contributed by atoms with Crippen molar-refractivity contribution < 1.29 is 9.90 Å². The Morgan fingerprint density at radius 2 is 2.04 bits per heavy atom. The van der Waals surface area contributed by atoms with Gasteiger partial charge in [0.1, 0.15) is 11.9 Å². The third-order valence-corrected chi connectivity index (χ3v) is 5.38. The molecule has 2 aliphatic rings. The highest BCUT2D eigenvalue weighted by Crippen LogP contribution is 2.44. The van der Waals surface area contributed by atoms with Crippen molar-refractivity contribution in [3.8, 4) is 0 Å². The lowest BCUT2D eigenvalue weighted by atomic mass is 9.76. The first-order valence-electron chi connectivity index (χ1n) is 8.54. The van der Waals surface area contributed by atoms with E-state index in [2.05, 4.69) is 26.7 Å². The Morgan fingerprint density at radius 1 is 1.35 bits per heavy atom. The van der Waals surface area contributed by atoms with E-state index in [-0.39, 0.29) is 11.5 Å². The number of nitrogens with zero attached hydrogens (tertiary/aromatic N) is 4. The van der Waals surface area contributed by atoms with Crippen LogP contribution in [-0.4, -0.2) is 58.2 Å². The minimum Gasteiger partial charge on any atom is -0.480 e. The zero-order chi connectivity index (χ0) is 16.4. The number of hydrogen-bond acceptors (Lipinski definition) is 5. The predicted octanol–water partition coefficient (Wildman–Crippen LogP) is 1.94. The maximum atomic E-state index is 11.6. The monoisotopic (exact) mass is 318 g/mol. The summed E-state index contributed by atoms with van der Waals surface area (Å²) in [5.41, 5.74) is 1.12. The molecule has 6 nitrogen and oxygen atoms in total. The third-order valence-electron chi connectivity index (χ3n) is 5.38. The summed E-state index contributed by atoms with van der Waals surface area (Å²) in [7, 11) is 0. The van der Waals surface area contributed by atoms with E-state index in [9.17, 15) is 9.90 Å². The molecule has 23 heavy (non-hydrogen) atoms. The Balaban J connectivity index is 1.68. The van der Waals surface area contributed by atoms with Gasteiger partial charge in [0, 0.05) is 32.0 Å². The molecule has 1 aromatic rings. The zero-order valence-corrected chi connectivity index (χ0v) is 14.0. The molecule has 2 aliphatic heterocycles. The summed E-state index contributed by atoms with van der Waals surface area (Å²) in [6.45, 7) is 7.78. The molecule has 1 spiro atoms. The number of aryl methyl sites for hydroxylation is 1. The van der Waals surface area contributed by atoms with E-state index >= 15 is 0 Å². The van der Waals surface area contributed by atoms with Crippen molar-refractivity contribution in [2.24, 2.45) is 5.41 Å². The molecular formula is C17H26N4O2. The minimum absolute atomic E-state index is 0.158. The quantitative estimate of drug-likeness (QED) is 0.915. The Bertz CT molecular complexity index is 569. The summed E-state index contributed by atoms with van der Waals surface area (Å²) in [5.74, 6) is 0.308. The van der Waals surface area contributed by atoms with Crippen molar-refractivity contribution >= 4 is 11.8 Å². The number of carboxylic acid groups (broad SMARTS) is 1. The van der Waals surface area contributed by atoms with Gasteiger partial charge in [-0.3, -0.25) is 14.7 Å². The van der Waals surface area contributed by atoms with E-state index in [0.29, 0.717) is 0 Å². The molecule has 0 aromatic carbocycles. The van der Waals surface area contributed by atoms with Gasteiger partial charge in [0.05, 0.1) is 5.69 Å². The van der Waals surface area contributed by atoms with Crippen LogP contribution in [0.5, 0.6) is 0 Å². The van der Waals surface area contributed by atoms with Crippen molar-refractivity contribution in [2.45, 2.75) is 45.6 Å². The van der Waals surface area contributed by atoms with Crippen LogP contribution in [0.3, 0.4) is 0 Å². The van der Waals surface area contributed by atoms with Crippen LogP contribution in [0.1, 0.15) is 38.3 Å². The molecule has 1 atom stereocenters. The number of piperidine rings is 1. The second-order valence-corrected chi connectivity index (χ2v) is 6.98. The van der Waals surface area contributed by atoms with Crippen LogP contribution in [0.2, 0.25) is 0 Å². The van der Waals surface area contributed by atoms with Crippen molar-refractivity contribution in [1.82, 2.24) is 14.9 Å². The molecule has 0 saturated carbocycles. The molecule has 0 bridgehead atoms. The second kappa shape index (κ2) is 6.43. The Hall–Kier alpha value is -1.69. The van der Waals surface area contributed by atoms with E-state index in [4.69, 9.17) is 0 Å². The fourth-order valence-corrected chi connectivity index (χ4v) is 4.18. The largest absolute Gasteiger partial charge is 0.480 e. The predicted molar refractivity (Wildman–Crippen MR) is 88.6 cm³/mol. The van der Waals surface area contributed by atoms with Crippen LogP contribution >= 0.6 is 0 Å². The summed E-state index contributed by atoms with van der Waals surface area (Å²) in [6, 6.07) is -0.306. The molecule has 0 radical (unpaired) electrons. The summed E-state index contributed by atoms with van der Waals surface area (Å²) in [5, 5.41) is 9.52. The van der Waals surface area contributed by atoms with Gasteiger partial charge in [-0.25, -0.2) is 4.98 Å². The molecular weight excluding hydrogens is 292 g/mol.